The van der Waals surface area contributed by atoms with E-state index in [0.717, 1.165) is 31.7 Å². The summed E-state index contributed by atoms with van der Waals surface area (Å²) in [7, 11) is 1.51. The second-order valence-corrected chi connectivity index (χ2v) is 7.04. The first kappa shape index (κ1) is 19.2. The quantitative estimate of drug-likeness (QED) is 0.717. The molecule has 152 valence electrons. The molecule has 3 aromatic rings. The highest BCUT2D eigenvalue weighted by atomic mass is 16.5. The van der Waals surface area contributed by atoms with Crippen molar-refractivity contribution in [1.29, 1.82) is 0 Å². The maximum atomic E-state index is 12.9. The second-order valence-electron chi connectivity index (χ2n) is 7.04. The summed E-state index contributed by atoms with van der Waals surface area (Å²) >= 11 is 0. The fourth-order valence-electron chi connectivity index (χ4n) is 3.64. The summed E-state index contributed by atoms with van der Waals surface area (Å²) in [5.74, 6) is 0.352. The molecule has 0 aromatic carbocycles. The number of ether oxygens (including phenoxy) is 2. The van der Waals surface area contributed by atoms with Crippen molar-refractivity contribution in [3.05, 3.63) is 58.4 Å². The maximum Gasteiger partial charge on any atom is 0.274 e. The van der Waals surface area contributed by atoms with Gasteiger partial charge < -0.3 is 23.8 Å². The molecule has 1 amide bonds. The van der Waals surface area contributed by atoms with Gasteiger partial charge in [-0.15, -0.1) is 0 Å². The van der Waals surface area contributed by atoms with Crippen LogP contribution in [0.4, 0.5) is 5.69 Å². The van der Waals surface area contributed by atoms with E-state index in [4.69, 9.17) is 14.5 Å². The van der Waals surface area contributed by atoms with Crippen molar-refractivity contribution in [2.75, 3.05) is 25.6 Å². The van der Waals surface area contributed by atoms with Crippen LogP contribution < -0.4 is 15.6 Å². The Bertz CT molecular complexity index is 1100. The van der Waals surface area contributed by atoms with Gasteiger partial charge in [-0.05, 0) is 31.9 Å². The lowest BCUT2D eigenvalue weighted by Crippen LogP contribution is -2.25. The van der Waals surface area contributed by atoms with E-state index in [-0.39, 0.29) is 11.2 Å². The summed E-state index contributed by atoms with van der Waals surface area (Å²) < 4.78 is 14.2. The SMILES string of the molecule is CCn1cccc(NC(=O)c2cn3cc(C4CCOCC4)nc3cc2OC)c1=O. The number of fused-ring (bicyclic) bond motifs is 1. The van der Waals surface area contributed by atoms with E-state index >= 15 is 0 Å². The Hall–Kier alpha value is -3.13. The van der Waals surface area contributed by atoms with Crippen LogP contribution in [0, 0.1) is 0 Å². The highest BCUT2D eigenvalue weighted by molar-refractivity contribution is 6.06. The lowest BCUT2D eigenvalue weighted by Gasteiger charge is -2.19. The smallest absolute Gasteiger partial charge is 0.274 e. The number of anilines is 1. The van der Waals surface area contributed by atoms with E-state index < -0.39 is 5.91 Å². The maximum absolute atomic E-state index is 12.9. The largest absolute Gasteiger partial charge is 0.496 e. The van der Waals surface area contributed by atoms with Gasteiger partial charge in [-0.3, -0.25) is 9.59 Å². The zero-order valence-corrected chi connectivity index (χ0v) is 16.6. The number of carbonyl (C=O) groups is 1. The Kier molecular flexibility index (Phi) is 5.35. The van der Waals surface area contributed by atoms with Crippen LogP contribution in [0.15, 0.2) is 41.6 Å². The second kappa shape index (κ2) is 8.08. The highest BCUT2D eigenvalue weighted by Crippen LogP contribution is 2.28. The number of nitrogens with one attached hydrogen (secondary N) is 1. The van der Waals surface area contributed by atoms with E-state index in [9.17, 15) is 9.59 Å². The average Bonchev–Trinajstić information content (AvgIpc) is 3.18. The zero-order chi connectivity index (χ0) is 20.4. The summed E-state index contributed by atoms with van der Waals surface area (Å²) in [6, 6.07) is 5.07. The fraction of sp³-hybridized carbons (Fsp3) is 0.381. The lowest BCUT2D eigenvalue weighted by molar-refractivity contribution is 0.0846. The molecule has 0 atom stereocenters. The molecule has 0 spiro atoms. The number of pyridine rings is 2. The molecule has 0 radical (unpaired) electrons. The summed E-state index contributed by atoms with van der Waals surface area (Å²) in [4.78, 5) is 30.0. The lowest BCUT2D eigenvalue weighted by atomic mass is 9.97. The van der Waals surface area contributed by atoms with E-state index in [0.29, 0.717) is 29.4 Å². The van der Waals surface area contributed by atoms with Crippen LogP contribution in [0.25, 0.3) is 5.65 Å². The molecule has 1 aliphatic heterocycles. The van der Waals surface area contributed by atoms with Gasteiger partial charge in [0.2, 0.25) is 0 Å². The molecule has 1 aliphatic rings. The predicted molar refractivity (Wildman–Crippen MR) is 109 cm³/mol. The minimum Gasteiger partial charge on any atom is -0.496 e. The Morgan fingerprint density at radius 3 is 2.86 bits per heavy atom. The zero-order valence-electron chi connectivity index (χ0n) is 16.6. The number of aryl methyl sites for hydroxylation is 1. The van der Waals surface area contributed by atoms with Crippen LogP contribution in [-0.4, -0.2) is 40.2 Å². The van der Waals surface area contributed by atoms with Crippen LogP contribution in [0.3, 0.4) is 0 Å². The first-order valence-electron chi connectivity index (χ1n) is 9.76. The fourth-order valence-corrected chi connectivity index (χ4v) is 3.64. The number of amides is 1. The van der Waals surface area contributed by atoms with Crippen LogP contribution in [-0.2, 0) is 11.3 Å². The molecule has 0 unspecified atom stereocenters. The molecule has 3 aromatic heterocycles. The first-order valence-corrected chi connectivity index (χ1v) is 9.76. The number of methoxy groups -OCH3 is 1. The minimum atomic E-state index is -0.406. The summed E-state index contributed by atoms with van der Waals surface area (Å²) in [5.41, 5.74) is 2.03. The monoisotopic (exact) mass is 396 g/mol. The van der Waals surface area contributed by atoms with Crippen molar-refractivity contribution in [3.8, 4) is 5.75 Å². The van der Waals surface area contributed by atoms with Crippen LogP contribution >= 0.6 is 0 Å². The van der Waals surface area contributed by atoms with Crippen molar-refractivity contribution in [2.24, 2.45) is 0 Å². The molecule has 8 heteroatoms. The Morgan fingerprint density at radius 2 is 2.14 bits per heavy atom. The molecule has 0 saturated carbocycles. The molecule has 0 bridgehead atoms. The topological polar surface area (TPSA) is 86.9 Å². The van der Waals surface area contributed by atoms with Crippen molar-refractivity contribution in [2.45, 2.75) is 32.2 Å². The number of rotatable bonds is 5. The van der Waals surface area contributed by atoms with Crippen LogP contribution in [0.1, 0.15) is 41.7 Å². The van der Waals surface area contributed by atoms with Crippen molar-refractivity contribution in [1.82, 2.24) is 14.0 Å². The van der Waals surface area contributed by atoms with Gasteiger partial charge in [0, 0.05) is 50.3 Å². The Balaban J connectivity index is 1.67. The van der Waals surface area contributed by atoms with Crippen molar-refractivity contribution >= 4 is 17.2 Å². The first-order chi connectivity index (χ1) is 14.1. The Morgan fingerprint density at radius 1 is 1.34 bits per heavy atom. The molecule has 4 rings (SSSR count). The van der Waals surface area contributed by atoms with Gasteiger partial charge in [0.15, 0.2) is 0 Å². The number of hydrogen-bond acceptors (Lipinski definition) is 5. The molecular formula is C21H24N4O4. The molecule has 1 saturated heterocycles. The molecule has 1 N–H and O–H groups in total. The number of carbonyl (C=O) groups excluding carboxylic acids is 1. The predicted octanol–water partition coefficient (Wildman–Crippen LogP) is 2.67. The standard InChI is InChI=1S/C21H24N4O4/c1-3-24-8-4-5-16(21(24)27)23-20(26)15-12-25-13-17(14-6-9-29-10-7-14)22-19(25)11-18(15)28-2/h4-5,8,11-14H,3,6-7,9-10H2,1-2H3,(H,23,26). The Labute approximate surface area is 168 Å². The van der Waals surface area contributed by atoms with Gasteiger partial charge in [-0.1, -0.05) is 0 Å². The molecular weight excluding hydrogens is 372 g/mol. The van der Waals surface area contributed by atoms with E-state index in [1.165, 1.54) is 11.7 Å². The number of nitrogens with zero attached hydrogens (tertiary/aromatic N) is 3. The number of hydrogen-bond donors (Lipinski definition) is 1. The van der Waals surface area contributed by atoms with Crippen LogP contribution in [0.2, 0.25) is 0 Å². The van der Waals surface area contributed by atoms with Crippen LogP contribution in [0.5, 0.6) is 5.75 Å². The molecule has 1 fully saturated rings. The summed E-state index contributed by atoms with van der Waals surface area (Å²) in [5, 5.41) is 2.71. The van der Waals surface area contributed by atoms with Crippen molar-refractivity contribution in [3.63, 3.8) is 0 Å². The number of imidazole rings is 1. The van der Waals surface area contributed by atoms with Crippen molar-refractivity contribution < 1.29 is 14.3 Å². The normalized spacial score (nSPS) is 14.8. The third-order valence-corrected chi connectivity index (χ3v) is 5.29. The summed E-state index contributed by atoms with van der Waals surface area (Å²) in [6.45, 7) is 3.88. The molecule has 0 aliphatic carbocycles. The van der Waals surface area contributed by atoms with Gasteiger partial charge in [-0.25, -0.2) is 4.98 Å². The molecule has 29 heavy (non-hydrogen) atoms. The molecule has 8 nitrogen and oxygen atoms in total. The van der Waals surface area contributed by atoms with E-state index in [1.807, 2.05) is 17.5 Å². The minimum absolute atomic E-state index is 0.232. The third kappa shape index (κ3) is 3.75. The van der Waals surface area contributed by atoms with E-state index in [1.54, 1.807) is 30.6 Å². The van der Waals surface area contributed by atoms with Gasteiger partial charge in [-0.2, -0.15) is 0 Å². The molecule has 4 heterocycles. The summed E-state index contributed by atoms with van der Waals surface area (Å²) in [6.07, 6.45) is 7.21. The van der Waals surface area contributed by atoms with E-state index in [2.05, 4.69) is 5.32 Å². The van der Waals surface area contributed by atoms with Gasteiger partial charge >= 0.3 is 0 Å². The average molecular weight is 396 g/mol. The third-order valence-electron chi connectivity index (χ3n) is 5.29. The van der Waals surface area contributed by atoms with Gasteiger partial charge in [0.1, 0.15) is 17.1 Å². The van der Waals surface area contributed by atoms with Gasteiger partial charge in [0.25, 0.3) is 11.5 Å². The number of aromatic nitrogens is 3. The highest BCUT2D eigenvalue weighted by Gasteiger charge is 2.21. The van der Waals surface area contributed by atoms with Gasteiger partial charge in [0.05, 0.1) is 18.4 Å².